The van der Waals surface area contributed by atoms with E-state index in [0.29, 0.717) is 17.2 Å². The number of amides is 2. The van der Waals surface area contributed by atoms with Crippen molar-refractivity contribution in [3.05, 3.63) is 68.1 Å². The van der Waals surface area contributed by atoms with Crippen molar-refractivity contribution < 1.29 is 19.1 Å². The summed E-state index contributed by atoms with van der Waals surface area (Å²) in [5.41, 5.74) is 2.79. The summed E-state index contributed by atoms with van der Waals surface area (Å²) in [5.74, 6) is 0.767. The lowest BCUT2D eigenvalue weighted by atomic mass is 9.68. The number of benzene rings is 2. The van der Waals surface area contributed by atoms with Crippen LogP contribution in [0.2, 0.25) is 0 Å². The van der Waals surface area contributed by atoms with Crippen molar-refractivity contribution in [3.8, 4) is 11.5 Å². The molecule has 7 nitrogen and oxygen atoms in total. The molecule has 2 aromatic carbocycles. The summed E-state index contributed by atoms with van der Waals surface area (Å²) < 4.78 is 11.1. The fraction of sp³-hybridized carbons (Fsp3) is 0.393. The number of ether oxygens (including phenoxy) is 2. The third-order valence-electron chi connectivity index (χ3n) is 8.78. The molecule has 1 aromatic heterocycles. The first-order valence-corrected chi connectivity index (χ1v) is 14.2. The van der Waals surface area contributed by atoms with E-state index in [1.54, 1.807) is 26.0 Å². The summed E-state index contributed by atoms with van der Waals surface area (Å²) in [7, 11) is 3.23. The molecule has 1 saturated heterocycles. The number of carbonyl (C=O) groups excluding carboxylic acids is 2. The van der Waals surface area contributed by atoms with Crippen LogP contribution in [0.4, 0.5) is 5.69 Å². The Morgan fingerprint density at radius 2 is 1.62 bits per heavy atom. The van der Waals surface area contributed by atoms with Crippen molar-refractivity contribution in [1.82, 2.24) is 4.98 Å². The molecule has 2 aliphatic heterocycles. The standard InChI is InChI=1S/C28H26N2O5S2/c1-12-4-7-14(8-5-12)30-26(31)21-15-11-16(22(21)27(30)32)23-20(15)19(24-25(36-23)29-28(33)37-24)13-6-9-17(34-2)18(10-13)35-3/h4-10,15-16,19-23H,11H2,1-3H3,(H,29,33)/t15-,16+,19+,20-,21+,22+,23-/m1/s1. The minimum atomic E-state index is -0.319. The zero-order valence-corrected chi connectivity index (χ0v) is 22.2. The van der Waals surface area contributed by atoms with Crippen molar-refractivity contribution in [2.75, 3.05) is 19.1 Å². The number of H-pyrrole nitrogens is 1. The van der Waals surface area contributed by atoms with E-state index in [1.807, 2.05) is 49.4 Å². The molecule has 190 valence electrons. The van der Waals surface area contributed by atoms with Gasteiger partial charge >= 0.3 is 4.87 Å². The number of nitrogens with zero attached hydrogens (tertiary/aromatic N) is 1. The predicted molar refractivity (Wildman–Crippen MR) is 142 cm³/mol. The Hall–Kier alpha value is -3.04. The fourth-order valence-corrected chi connectivity index (χ4v) is 10.3. The van der Waals surface area contributed by atoms with E-state index in [1.165, 1.54) is 16.2 Å². The van der Waals surface area contributed by atoms with Crippen molar-refractivity contribution >= 4 is 40.6 Å². The van der Waals surface area contributed by atoms with E-state index in [0.717, 1.165) is 27.5 Å². The summed E-state index contributed by atoms with van der Waals surface area (Å²) in [6.45, 7) is 1.99. The van der Waals surface area contributed by atoms with E-state index in [4.69, 9.17) is 9.47 Å². The molecule has 1 N–H and O–H groups in total. The third kappa shape index (κ3) is 3.16. The predicted octanol–water partition coefficient (Wildman–Crippen LogP) is 4.44. The average molecular weight is 535 g/mol. The third-order valence-corrected chi connectivity index (χ3v) is 11.4. The topological polar surface area (TPSA) is 88.7 Å². The van der Waals surface area contributed by atoms with Gasteiger partial charge in [0.25, 0.3) is 0 Å². The van der Waals surface area contributed by atoms with Gasteiger partial charge in [0.15, 0.2) is 11.5 Å². The molecule has 0 spiro atoms. The number of aryl methyl sites for hydroxylation is 1. The first-order valence-electron chi connectivity index (χ1n) is 12.5. The lowest BCUT2D eigenvalue weighted by Gasteiger charge is -2.43. The summed E-state index contributed by atoms with van der Waals surface area (Å²) in [6, 6.07) is 13.5. The highest BCUT2D eigenvalue weighted by Crippen LogP contribution is 2.68. The first kappa shape index (κ1) is 23.1. The Morgan fingerprint density at radius 1 is 0.919 bits per heavy atom. The number of methoxy groups -OCH3 is 2. The lowest BCUT2D eigenvalue weighted by molar-refractivity contribution is -0.123. The highest BCUT2D eigenvalue weighted by atomic mass is 32.2. The first-order chi connectivity index (χ1) is 17.9. The molecule has 2 saturated carbocycles. The van der Waals surface area contributed by atoms with Gasteiger partial charge in [-0.2, -0.15) is 0 Å². The molecule has 9 heteroatoms. The molecular formula is C28H26N2O5S2. The number of thiazole rings is 1. The van der Waals surface area contributed by atoms with E-state index < -0.39 is 0 Å². The number of nitrogens with one attached hydrogen (secondary N) is 1. The quantitative estimate of drug-likeness (QED) is 0.498. The van der Waals surface area contributed by atoms with Crippen LogP contribution in [0.5, 0.6) is 11.5 Å². The minimum Gasteiger partial charge on any atom is -0.493 e. The Morgan fingerprint density at radius 3 is 2.32 bits per heavy atom. The Balaban J connectivity index is 1.32. The van der Waals surface area contributed by atoms with Gasteiger partial charge in [0.2, 0.25) is 11.8 Å². The van der Waals surface area contributed by atoms with Crippen LogP contribution in [-0.2, 0) is 9.59 Å². The second-order valence-electron chi connectivity index (χ2n) is 10.4. The van der Waals surface area contributed by atoms with Crippen LogP contribution >= 0.6 is 23.1 Å². The number of imide groups is 1. The van der Waals surface area contributed by atoms with Gasteiger partial charge in [0.05, 0.1) is 36.8 Å². The normalized spacial score (nSPS) is 31.3. The maximum absolute atomic E-state index is 13.8. The monoisotopic (exact) mass is 534 g/mol. The average Bonchev–Trinajstić information content (AvgIpc) is 3.63. The zero-order chi connectivity index (χ0) is 25.6. The van der Waals surface area contributed by atoms with Gasteiger partial charge in [-0.05, 0) is 60.9 Å². The molecule has 2 bridgehead atoms. The number of aromatic nitrogens is 1. The lowest BCUT2D eigenvalue weighted by Crippen LogP contribution is -2.42. The van der Waals surface area contributed by atoms with Crippen LogP contribution in [0.15, 0.2) is 52.3 Å². The molecule has 3 fully saturated rings. The van der Waals surface area contributed by atoms with Crippen LogP contribution in [0.3, 0.4) is 0 Å². The zero-order valence-electron chi connectivity index (χ0n) is 20.6. The molecule has 3 aromatic rings. The fourth-order valence-electron chi connectivity index (χ4n) is 7.38. The van der Waals surface area contributed by atoms with Crippen molar-refractivity contribution in [2.45, 2.75) is 29.5 Å². The van der Waals surface area contributed by atoms with Gasteiger partial charge in [0, 0.05) is 16.0 Å². The maximum Gasteiger partial charge on any atom is 0.305 e. The van der Waals surface area contributed by atoms with Crippen LogP contribution in [0.25, 0.3) is 0 Å². The molecule has 37 heavy (non-hydrogen) atoms. The molecule has 7 atom stereocenters. The summed E-state index contributed by atoms with van der Waals surface area (Å²) in [4.78, 5) is 45.4. The Bertz CT molecular complexity index is 1490. The number of thioether (sulfide) groups is 1. The number of fused-ring (bicyclic) bond motifs is 9. The number of rotatable bonds is 4. The Kier molecular flexibility index (Phi) is 5.14. The Labute approximate surface area is 222 Å². The number of carbonyl (C=O) groups is 2. The smallest absolute Gasteiger partial charge is 0.305 e. The van der Waals surface area contributed by atoms with E-state index in [2.05, 4.69) is 4.98 Å². The van der Waals surface area contributed by atoms with Gasteiger partial charge in [-0.3, -0.25) is 19.3 Å². The largest absolute Gasteiger partial charge is 0.493 e. The highest BCUT2D eigenvalue weighted by molar-refractivity contribution is 8.00. The SMILES string of the molecule is COc1ccc([C@@H]2c3sc(=O)[nH]c3S[C@@H]3[C@H]4C[C@@H]([C@@H]5C(=O)N(c6ccc(C)cc6)C(=O)[C@@H]45)[C@H]23)cc1OC. The van der Waals surface area contributed by atoms with Gasteiger partial charge in [-0.1, -0.05) is 35.1 Å². The number of hydrogen-bond donors (Lipinski definition) is 1. The number of anilines is 1. The van der Waals surface area contributed by atoms with Gasteiger partial charge in [-0.15, -0.1) is 11.8 Å². The summed E-state index contributed by atoms with van der Waals surface area (Å²) in [5, 5.41) is 1.05. The summed E-state index contributed by atoms with van der Waals surface area (Å²) >= 11 is 2.95. The van der Waals surface area contributed by atoms with Crippen molar-refractivity contribution in [3.63, 3.8) is 0 Å². The molecule has 2 amide bonds. The second kappa shape index (κ2) is 8.23. The summed E-state index contributed by atoms with van der Waals surface area (Å²) in [6.07, 6.45) is 0.861. The van der Waals surface area contributed by atoms with Crippen molar-refractivity contribution in [2.24, 2.45) is 29.6 Å². The molecule has 7 rings (SSSR count). The minimum absolute atomic E-state index is 0.0581. The maximum atomic E-state index is 13.8. The van der Waals surface area contributed by atoms with E-state index >= 15 is 0 Å². The molecule has 4 aliphatic rings. The van der Waals surface area contributed by atoms with Crippen LogP contribution < -0.4 is 19.2 Å². The van der Waals surface area contributed by atoms with Crippen LogP contribution in [-0.4, -0.2) is 36.3 Å². The van der Waals surface area contributed by atoms with E-state index in [9.17, 15) is 14.4 Å². The second-order valence-corrected chi connectivity index (χ2v) is 12.6. The van der Waals surface area contributed by atoms with Crippen LogP contribution in [0.1, 0.15) is 28.3 Å². The van der Waals surface area contributed by atoms with Crippen LogP contribution in [0, 0.1) is 36.5 Å². The molecule has 0 unspecified atom stereocenters. The molecule has 3 heterocycles. The van der Waals surface area contributed by atoms with E-state index in [-0.39, 0.29) is 57.4 Å². The van der Waals surface area contributed by atoms with Crippen molar-refractivity contribution in [1.29, 1.82) is 0 Å². The molecular weight excluding hydrogens is 508 g/mol. The van der Waals surface area contributed by atoms with Gasteiger partial charge in [0.1, 0.15) is 0 Å². The molecule has 2 aliphatic carbocycles. The number of aromatic amines is 1. The van der Waals surface area contributed by atoms with Gasteiger partial charge < -0.3 is 14.5 Å². The highest BCUT2D eigenvalue weighted by Gasteiger charge is 2.69. The van der Waals surface area contributed by atoms with Gasteiger partial charge in [-0.25, -0.2) is 0 Å². The molecule has 0 radical (unpaired) electrons. The number of hydrogen-bond acceptors (Lipinski definition) is 7.